The fourth-order valence-corrected chi connectivity index (χ4v) is 4.53. The van der Waals surface area contributed by atoms with Gasteiger partial charge < -0.3 is 5.11 Å². The highest BCUT2D eigenvalue weighted by Crippen LogP contribution is 2.31. The fourth-order valence-electron chi connectivity index (χ4n) is 3.23. The molecule has 170 valence electrons. The summed E-state index contributed by atoms with van der Waals surface area (Å²) in [6, 6.07) is 12.0. The van der Waals surface area contributed by atoms with Crippen molar-refractivity contribution < 1.29 is 31.5 Å². The molecular weight excluding hydrogens is 431 g/mol. The molecule has 2 N–H and O–H groups in total. The summed E-state index contributed by atoms with van der Waals surface area (Å²) in [7, 11) is -4.17. The maximum Gasteiger partial charge on any atom is 0.416 e. The Morgan fingerprint density at radius 1 is 0.935 bits per heavy atom. The van der Waals surface area contributed by atoms with E-state index in [1.54, 1.807) is 30.3 Å². The molecule has 2 aromatic carbocycles. The fraction of sp³-hybridized carbons (Fsp3) is 0.409. The van der Waals surface area contributed by atoms with Crippen LogP contribution in [0, 0.1) is 0 Å². The van der Waals surface area contributed by atoms with Crippen LogP contribution >= 0.6 is 0 Å². The van der Waals surface area contributed by atoms with Gasteiger partial charge >= 0.3 is 12.1 Å². The van der Waals surface area contributed by atoms with Gasteiger partial charge in [-0.25, -0.2) is 13.1 Å². The van der Waals surface area contributed by atoms with Crippen molar-refractivity contribution in [3.63, 3.8) is 0 Å². The minimum atomic E-state index is -4.63. The number of nitrogens with one attached hydrogen (secondary N) is 1. The molecule has 5 nitrogen and oxygen atoms in total. The first-order valence-corrected chi connectivity index (χ1v) is 11.5. The van der Waals surface area contributed by atoms with Crippen LogP contribution in [0.3, 0.4) is 0 Å². The van der Waals surface area contributed by atoms with Gasteiger partial charge in [0.1, 0.15) is 0 Å². The van der Waals surface area contributed by atoms with Gasteiger partial charge in [0.05, 0.1) is 10.5 Å². The largest absolute Gasteiger partial charge is 0.481 e. The zero-order chi connectivity index (χ0) is 22.9. The molecule has 0 aliphatic rings. The zero-order valence-corrected chi connectivity index (χ0v) is 17.8. The van der Waals surface area contributed by atoms with E-state index in [2.05, 4.69) is 4.72 Å². The molecular formula is C22H26F3NO4S. The molecule has 1 unspecified atom stereocenters. The number of carboxylic acids is 1. The van der Waals surface area contributed by atoms with Gasteiger partial charge in [-0.15, -0.1) is 0 Å². The third kappa shape index (κ3) is 8.34. The molecule has 0 amide bonds. The van der Waals surface area contributed by atoms with E-state index in [0.29, 0.717) is 25.3 Å². The zero-order valence-electron chi connectivity index (χ0n) is 16.9. The first-order valence-electron chi connectivity index (χ1n) is 10.1. The molecule has 2 rings (SSSR count). The topological polar surface area (TPSA) is 83.5 Å². The normalized spacial score (nSPS) is 13.1. The minimum Gasteiger partial charge on any atom is -0.481 e. The number of benzene rings is 2. The average Bonchev–Trinajstić information content (AvgIpc) is 2.72. The number of unbranched alkanes of at least 4 members (excludes halogenated alkanes) is 4. The van der Waals surface area contributed by atoms with Crippen molar-refractivity contribution in [1.29, 1.82) is 0 Å². The first kappa shape index (κ1) is 24.9. The van der Waals surface area contributed by atoms with Gasteiger partial charge in [0, 0.05) is 12.5 Å². The monoisotopic (exact) mass is 457 g/mol. The number of hydrogen-bond donors (Lipinski definition) is 2. The number of aliphatic carboxylic acids is 1. The summed E-state index contributed by atoms with van der Waals surface area (Å²) < 4.78 is 67.1. The number of alkyl halides is 3. The van der Waals surface area contributed by atoms with Gasteiger partial charge in [0.15, 0.2) is 0 Å². The third-order valence-electron chi connectivity index (χ3n) is 4.85. The lowest BCUT2D eigenvalue weighted by molar-refractivity contribution is -0.138. The number of halogens is 3. The Hall–Kier alpha value is -2.39. The number of carboxylic acid groups (broad SMARTS) is 1. The van der Waals surface area contributed by atoms with E-state index >= 15 is 0 Å². The molecule has 0 heterocycles. The van der Waals surface area contributed by atoms with Crippen molar-refractivity contribution in [1.82, 2.24) is 4.72 Å². The van der Waals surface area contributed by atoms with Crippen LogP contribution < -0.4 is 4.72 Å². The van der Waals surface area contributed by atoms with Crippen LogP contribution in [0.5, 0.6) is 0 Å². The molecule has 0 aliphatic heterocycles. The van der Waals surface area contributed by atoms with E-state index in [1.807, 2.05) is 0 Å². The molecule has 9 heteroatoms. The standard InChI is InChI=1S/C22H26F3NO4S/c23-22(24,25)18-12-9-13-19(16-18)31(29,30)26-20(17-10-5-4-6-11-17)14-7-2-1-3-8-15-21(27)28/h4-6,9-13,16,20,26H,1-3,7-8,14-15H2,(H,27,28). The highest BCUT2D eigenvalue weighted by molar-refractivity contribution is 7.89. The molecule has 0 aliphatic carbocycles. The van der Waals surface area contributed by atoms with E-state index in [1.165, 1.54) is 0 Å². The molecule has 0 aromatic heterocycles. The molecule has 1 atom stereocenters. The van der Waals surface area contributed by atoms with E-state index in [0.717, 1.165) is 43.0 Å². The Balaban J connectivity index is 2.06. The smallest absolute Gasteiger partial charge is 0.416 e. The Morgan fingerprint density at radius 3 is 2.23 bits per heavy atom. The first-order chi connectivity index (χ1) is 14.6. The van der Waals surface area contributed by atoms with Crippen molar-refractivity contribution in [2.75, 3.05) is 0 Å². The number of hydrogen-bond acceptors (Lipinski definition) is 3. The van der Waals surface area contributed by atoms with Gasteiger partial charge in [-0.3, -0.25) is 4.79 Å². The second kappa shape index (κ2) is 11.3. The predicted octanol–water partition coefficient (Wildman–Crippen LogP) is 5.54. The van der Waals surface area contributed by atoms with Gasteiger partial charge in [0.25, 0.3) is 0 Å². The van der Waals surface area contributed by atoms with Crippen LogP contribution in [-0.2, 0) is 21.0 Å². The molecule has 0 bridgehead atoms. The maximum absolute atomic E-state index is 13.0. The summed E-state index contributed by atoms with van der Waals surface area (Å²) in [4.78, 5) is 10.1. The molecule has 0 spiro atoms. The molecule has 0 radical (unpaired) electrons. The van der Waals surface area contributed by atoms with E-state index in [-0.39, 0.29) is 6.42 Å². The molecule has 2 aromatic rings. The van der Waals surface area contributed by atoms with Crippen molar-refractivity contribution in [3.8, 4) is 0 Å². The Bertz CT molecular complexity index is 947. The van der Waals surface area contributed by atoms with Crippen LogP contribution in [0.1, 0.15) is 62.1 Å². The van der Waals surface area contributed by atoms with E-state index < -0.39 is 38.7 Å². The van der Waals surface area contributed by atoms with Gasteiger partial charge in [0.2, 0.25) is 10.0 Å². The Kier molecular flexibility index (Phi) is 9.06. The van der Waals surface area contributed by atoms with Crippen molar-refractivity contribution in [2.24, 2.45) is 0 Å². The van der Waals surface area contributed by atoms with Crippen LogP contribution in [0.15, 0.2) is 59.5 Å². The molecule has 31 heavy (non-hydrogen) atoms. The van der Waals surface area contributed by atoms with E-state index in [4.69, 9.17) is 5.11 Å². The highest BCUT2D eigenvalue weighted by atomic mass is 32.2. The lowest BCUT2D eigenvalue weighted by Crippen LogP contribution is -2.29. The van der Waals surface area contributed by atoms with Gasteiger partial charge in [-0.2, -0.15) is 13.2 Å². The summed E-state index contributed by atoms with van der Waals surface area (Å²) >= 11 is 0. The predicted molar refractivity (Wildman–Crippen MR) is 111 cm³/mol. The summed E-state index contributed by atoms with van der Waals surface area (Å²) in [6.07, 6.45) is -0.339. The summed E-state index contributed by atoms with van der Waals surface area (Å²) in [5.41, 5.74) is -0.295. The summed E-state index contributed by atoms with van der Waals surface area (Å²) in [5.74, 6) is -0.826. The van der Waals surface area contributed by atoms with Gasteiger partial charge in [-0.05, 0) is 36.6 Å². The van der Waals surface area contributed by atoms with Crippen LogP contribution in [0.2, 0.25) is 0 Å². The second-order valence-electron chi connectivity index (χ2n) is 7.31. The SMILES string of the molecule is O=C(O)CCCCCCCC(NS(=O)(=O)c1cccc(C(F)(F)F)c1)c1ccccc1. The van der Waals surface area contributed by atoms with Crippen molar-refractivity contribution in [2.45, 2.75) is 62.1 Å². The van der Waals surface area contributed by atoms with E-state index in [9.17, 15) is 26.4 Å². The van der Waals surface area contributed by atoms with Crippen molar-refractivity contribution >= 4 is 16.0 Å². The van der Waals surface area contributed by atoms with Crippen molar-refractivity contribution in [3.05, 3.63) is 65.7 Å². The molecule has 0 saturated carbocycles. The average molecular weight is 458 g/mol. The minimum absolute atomic E-state index is 0.128. The maximum atomic E-state index is 13.0. The number of rotatable bonds is 12. The van der Waals surface area contributed by atoms with Gasteiger partial charge in [-0.1, -0.05) is 62.1 Å². The third-order valence-corrected chi connectivity index (χ3v) is 6.32. The molecule has 0 fully saturated rings. The summed E-state index contributed by atoms with van der Waals surface area (Å²) in [6.45, 7) is 0. The lowest BCUT2D eigenvalue weighted by atomic mass is 10.0. The van der Waals surface area contributed by atoms with Crippen LogP contribution in [0.25, 0.3) is 0 Å². The van der Waals surface area contributed by atoms with Crippen LogP contribution in [0.4, 0.5) is 13.2 Å². The number of sulfonamides is 1. The molecule has 0 saturated heterocycles. The second-order valence-corrected chi connectivity index (χ2v) is 9.02. The highest BCUT2D eigenvalue weighted by Gasteiger charge is 2.32. The quantitative estimate of drug-likeness (QED) is 0.410. The van der Waals surface area contributed by atoms with Crippen LogP contribution in [-0.4, -0.2) is 19.5 Å². The number of carbonyl (C=O) groups is 1. The summed E-state index contributed by atoms with van der Waals surface area (Å²) in [5, 5.41) is 8.65. The Labute approximate surface area is 180 Å². The Morgan fingerprint density at radius 2 is 1.58 bits per heavy atom. The lowest BCUT2D eigenvalue weighted by Gasteiger charge is -2.20.